The molecule has 0 N–H and O–H groups in total. The Balaban J connectivity index is 1.85. The Morgan fingerprint density at radius 2 is 1.44 bits per heavy atom. The summed E-state index contributed by atoms with van der Waals surface area (Å²) in [6.07, 6.45) is 0. The molecule has 0 radical (unpaired) electrons. The predicted octanol–water partition coefficient (Wildman–Crippen LogP) is 6.19. The summed E-state index contributed by atoms with van der Waals surface area (Å²) in [5, 5.41) is 0. The molecule has 0 aliphatic carbocycles. The monoisotopic (exact) mass is 340 g/mol. The van der Waals surface area contributed by atoms with Crippen molar-refractivity contribution in [2.75, 3.05) is 0 Å². The third-order valence-electron chi connectivity index (χ3n) is 4.63. The van der Waals surface area contributed by atoms with Crippen LogP contribution in [0.2, 0.25) is 0 Å². The number of hydrogen-bond acceptors (Lipinski definition) is 2. The molecule has 0 fully saturated rings. The Bertz CT molecular complexity index is 1180. The summed E-state index contributed by atoms with van der Waals surface area (Å²) in [6, 6.07) is 27.5. The van der Waals surface area contributed by atoms with Crippen LogP contribution in [0.3, 0.4) is 0 Å². The molecule has 120 valence electrons. The SMILES string of the molecule is Cc1c(-c2ccccc2)nc2sc3cccc(-c4ccccc4)c3n12. The summed E-state index contributed by atoms with van der Waals surface area (Å²) in [6.45, 7) is 2.16. The van der Waals surface area contributed by atoms with E-state index in [9.17, 15) is 0 Å². The lowest BCUT2D eigenvalue weighted by Crippen LogP contribution is -1.89. The summed E-state index contributed by atoms with van der Waals surface area (Å²) in [7, 11) is 0. The van der Waals surface area contributed by atoms with E-state index in [1.54, 1.807) is 11.3 Å². The maximum absolute atomic E-state index is 4.94. The highest BCUT2D eigenvalue weighted by Gasteiger charge is 2.17. The van der Waals surface area contributed by atoms with Crippen molar-refractivity contribution in [1.29, 1.82) is 0 Å². The zero-order valence-electron chi connectivity index (χ0n) is 13.8. The molecule has 0 atom stereocenters. The normalized spacial score (nSPS) is 11.4. The molecule has 0 unspecified atom stereocenters. The minimum Gasteiger partial charge on any atom is -0.286 e. The minimum absolute atomic E-state index is 1.05. The van der Waals surface area contributed by atoms with Crippen molar-refractivity contribution in [3.8, 4) is 22.4 Å². The fourth-order valence-corrected chi connectivity index (χ4v) is 4.56. The molecule has 2 heterocycles. The third-order valence-corrected chi connectivity index (χ3v) is 5.64. The van der Waals surface area contributed by atoms with Crippen LogP contribution < -0.4 is 0 Å². The zero-order chi connectivity index (χ0) is 16.8. The van der Waals surface area contributed by atoms with Crippen molar-refractivity contribution in [2.45, 2.75) is 6.92 Å². The lowest BCUT2D eigenvalue weighted by Gasteiger charge is -2.06. The standard InChI is InChI=1S/C22H16N2S/c1-15-20(17-11-6-3-7-12-17)23-22-24(15)21-18(13-8-14-19(21)25-22)16-9-4-2-5-10-16/h2-14H,1H3. The molecule has 0 bridgehead atoms. The van der Waals surface area contributed by atoms with E-state index in [4.69, 9.17) is 4.98 Å². The number of fused-ring (bicyclic) bond motifs is 3. The lowest BCUT2D eigenvalue weighted by atomic mass is 10.0. The quantitative estimate of drug-likeness (QED) is 0.374. The van der Waals surface area contributed by atoms with Crippen molar-refractivity contribution in [2.24, 2.45) is 0 Å². The van der Waals surface area contributed by atoms with Gasteiger partial charge in [-0.15, -0.1) is 0 Å². The van der Waals surface area contributed by atoms with Crippen molar-refractivity contribution in [3.63, 3.8) is 0 Å². The minimum atomic E-state index is 1.05. The summed E-state index contributed by atoms with van der Waals surface area (Å²) < 4.78 is 3.58. The fraction of sp³-hybridized carbons (Fsp3) is 0.0455. The number of para-hydroxylation sites is 1. The number of imidazole rings is 1. The van der Waals surface area contributed by atoms with Gasteiger partial charge in [-0.2, -0.15) is 0 Å². The lowest BCUT2D eigenvalue weighted by molar-refractivity contribution is 1.19. The molecule has 5 aromatic rings. The van der Waals surface area contributed by atoms with Crippen LogP contribution >= 0.6 is 11.3 Å². The van der Waals surface area contributed by atoms with Crippen LogP contribution in [0.5, 0.6) is 0 Å². The Morgan fingerprint density at radius 1 is 0.760 bits per heavy atom. The molecule has 25 heavy (non-hydrogen) atoms. The van der Waals surface area contributed by atoms with E-state index in [2.05, 4.69) is 84.1 Å². The van der Waals surface area contributed by atoms with Crippen molar-refractivity contribution < 1.29 is 0 Å². The smallest absolute Gasteiger partial charge is 0.195 e. The molecule has 0 saturated carbocycles. The fourth-order valence-electron chi connectivity index (χ4n) is 3.46. The summed E-state index contributed by atoms with van der Waals surface area (Å²) in [5.74, 6) is 0. The van der Waals surface area contributed by atoms with E-state index in [0.717, 1.165) is 10.7 Å². The molecule has 5 rings (SSSR count). The Morgan fingerprint density at radius 3 is 2.16 bits per heavy atom. The predicted molar refractivity (Wildman–Crippen MR) is 106 cm³/mol. The number of nitrogens with zero attached hydrogens (tertiary/aromatic N) is 2. The molecule has 0 amide bonds. The number of thiazole rings is 1. The van der Waals surface area contributed by atoms with E-state index in [0.29, 0.717) is 0 Å². The molecular formula is C22H16N2S. The van der Waals surface area contributed by atoms with Crippen molar-refractivity contribution >= 4 is 26.5 Å². The highest BCUT2D eigenvalue weighted by molar-refractivity contribution is 7.23. The Kier molecular flexibility index (Phi) is 3.22. The maximum Gasteiger partial charge on any atom is 0.195 e. The van der Waals surface area contributed by atoms with Gasteiger partial charge in [-0.25, -0.2) is 4.98 Å². The third kappa shape index (κ3) is 2.20. The zero-order valence-corrected chi connectivity index (χ0v) is 14.6. The maximum atomic E-state index is 4.94. The second kappa shape index (κ2) is 5.57. The van der Waals surface area contributed by atoms with Gasteiger partial charge in [-0.05, 0) is 18.6 Å². The Hall–Kier alpha value is -2.91. The Labute approximate surface area is 150 Å². The van der Waals surface area contributed by atoms with Gasteiger partial charge in [0.25, 0.3) is 0 Å². The molecule has 3 aromatic carbocycles. The van der Waals surface area contributed by atoms with Gasteiger partial charge >= 0.3 is 0 Å². The first-order valence-electron chi connectivity index (χ1n) is 8.34. The van der Waals surface area contributed by atoms with Gasteiger partial charge in [0, 0.05) is 16.8 Å². The van der Waals surface area contributed by atoms with E-state index < -0.39 is 0 Å². The second-order valence-electron chi connectivity index (χ2n) is 6.15. The van der Waals surface area contributed by atoms with Gasteiger partial charge in [-0.1, -0.05) is 84.1 Å². The van der Waals surface area contributed by atoms with E-state index in [1.807, 2.05) is 6.07 Å². The summed E-state index contributed by atoms with van der Waals surface area (Å²) in [4.78, 5) is 5.99. The van der Waals surface area contributed by atoms with Gasteiger partial charge in [0.1, 0.15) is 0 Å². The van der Waals surface area contributed by atoms with Crippen molar-refractivity contribution in [1.82, 2.24) is 9.38 Å². The van der Waals surface area contributed by atoms with Crippen LogP contribution in [0.4, 0.5) is 0 Å². The van der Waals surface area contributed by atoms with Crippen LogP contribution in [0, 0.1) is 6.92 Å². The first-order valence-corrected chi connectivity index (χ1v) is 9.16. The van der Waals surface area contributed by atoms with E-state index >= 15 is 0 Å². The van der Waals surface area contributed by atoms with Gasteiger partial charge in [0.2, 0.25) is 0 Å². The van der Waals surface area contributed by atoms with Crippen LogP contribution in [-0.4, -0.2) is 9.38 Å². The van der Waals surface area contributed by atoms with E-state index in [-0.39, 0.29) is 0 Å². The number of rotatable bonds is 2. The summed E-state index contributed by atoms with van der Waals surface area (Å²) in [5.41, 5.74) is 7.17. The van der Waals surface area contributed by atoms with Crippen LogP contribution in [0.1, 0.15) is 5.69 Å². The molecule has 3 heteroatoms. The first-order chi connectivity index (χ1) is 12.3. The first kappa shape index (κ1) is 14.4. The number of aromatic nitrogens is 2. The van der Waals surface area contributed by atoms with Crippen LogP contribution in [-0.2, 0) is 0 Å². The van der Waals surface area contributed by atoms with Gasteiger partial charge < -0.3 is 0 Å². The number of aryl methyl sites for hydroxylation is 1. The second-order valence-corrected chi connectivity index (χ2v) is 7.16. The van der Waals surface area contributed by atoms with Gasteiger partial charge in [-0.3, -0.25) is 4.40 Å². The van der Waals surface area contributed by atoms with Crippen LogP contribution in [0.15, 0.2) is 78.9 Å². The average Bonchev–Trinajstić information content (AvgIpc) is 3.19. The topological polar surface area (TPSA) is 17.3 Å². The molecule has 0 spiro atoms. The molecular weight excluding hydrogens is 324 g/mol. The number of benzene rings is 3. The average molecular weight is 340 g/mol. The van der Waals surface area contributed by atoms with Gasteiger partial charge in [0.15, 0.2) is 4.96 Å². The molecule has 0 aliphatic heterocycles. The highest BCUT2D eigenvalue weighted by atomic mass is 32.1. The van der Waals surface area contributed by atoms with Crippen molar-refractivity contribution in [3.05, 3.63) is 84.6 Å². The molecule has 0 saturated heterocycles. The molecule has 2 nitrogen and oxygen atoms in total. The van der Waals surface area contributed by atoms with Gasteiger partial charge in [0.05, 0.1) is 15.9 Å². The number of hydrogen-bond donors (Lipinski definition) is 0. The molecule has 0 aliphatic rings. The van der Waals surface area contributed by atoms with E-state index in [1.165, 1.54) is 32.6 Å². The largest absolute Gasteiger partial charge is 0.286 e. The highest BCUT2D eigenvalue weighted by Crippen LogP contribution is 2.37. The summed E-state index contributed by atoms with van der Waals surface area (Å²) >= 11 is 1.75. The molecule has 2 aromatic heterocycles. The van der Waals surface area contributed by atoms with Crippen LogP contribution in [0.25, 0.3) is 37.6 Å².